The summed E-state index contributed by atoms with van der Waals surface area (Å²) >= 11 is 0. The summed E-state index contributed by atoms with van der Waals surface area (Å²) in [5.74, 6) is 2.57. The summed E-state index contributed by atoms with van der Waals surface area (Å²) in [5, 5.41) is 3.48. The van der Waals surface area contributed by atoms with E-state index in [1.165, 1.54) is 28.0 Å². The predicted octanol–water partition coefficient (Wildman–Crippen LogP) is 8.77. The molecule has 0 aliphatic carbocycles. The van der Waals surface area contributed by atoms with Crippen LogP contribution in [0.3, 0.4) is 0 Å². The molecule has 0 fully saturated rings. The highest BCUT2D eigenvalue weighted by molar-refractivity contribution is 5.75. The van der Waals surface area contributed by atoms with E-state index in [4.69, 9.17) is 9.47 Å². The lowest BCUT2D eigenvalue weighted by molar-refractivity contribution is 0.115. The number of likely N-dealkylation sites (N-methyl/N-ethyl adjacent to an activating group) is 1. The standard InChI is InChI=1S/C35H35N2O2/c1-4-25(21-34-36-30-23-28(17-19-32(30)38-34)26-13-9-7-10-14-26)22-35-37(5-2,6-3)31-24-29(18-20-33(31)39-35)27-15-11-8-12-16-27/h7-24,35-36H,4-6H2,1-3H3/q+1. The zero-order valence-electron chi connectivity index (χ0n) is 22.9. The number of rotatable bonds is 7. The first kappa shape index (κ1) is 25.0. The molecule has 0 bridgehead atoms. The van der Waals surface area contributed by atoms with E-state index in [0.717, 1.165) is 52.6 Å². The van der Waals surface area contributed by atoms with Crippen molar-refractivity contribution in [1.82, 2.24) is 4.48 Å². The maximum absolute atomic E-state index is 6.62. The van der Waals surface area contributed by atoms with Crippen LogP contribution in [0.15, 0.2) is 121 Å². The first-order valence-electron chi connectivity index (χ1n) is 13.9. The summed E-state index contributed by atoms with van der Waals surface area (Å²) < 4.78 is 13.6. The van der Waals surface area contributed by atoms with E-state index in [0.29, 0.717) is 0 Å². The van der Waals surface area contributed by atoms with Crippen molar-refractivity contribution < 1.29 is 9.47 Å². The molecule has 4 nitrogen and oxygen atoms in total. The molecule has 2 heterocycles. The Balaban J connectivity index is 1.28. The minimum atomic E-state index is -0.0960. The number of quaternary nitrogens is 1. The minimum absolute atomic E-state index is 0.0960. The molecular weight excluding hydrogens is 480 g/mol. The van der Waals surface area contributed by atoms with Crippen LogP contribution in [0, 0.1) is 0 Å². The number of anilines is 1. The van der Waals surface area contributed by atoms with E-state index in [9.17, 15) is 0 Å². The van der Waals surface area contributed by atoms with E-state index < -0.39 is 0 Å². The number of nitrogens with zero attached hydrogens (tertiary/aromatic N) is 1. The molecule has 0 aromatic heterocycles. The number of benzene rings is 4. The van der Waals surface area contributed by atoms with Crippen molar-refractivity contribution in [3.63, 3.8) is 0 Å². The highest BCUT2D eigenvalue weighted by Gasteiger charge is 2.45. The monoisotopic (exact) mass is 515 g/mol. The van der Waals surface area contributed by atoms with E-state index in [2.05, 4.69) is 123 Å². The second-order valence-electron chi connectivity index (χ2n) is 10.1. The predicted molar refractivity (Wildman–Crippen MR) is 162 cm³/mol. The summed E-state index contributed by atoms with van der Waals surface area (Å²) in [4.78, 5) is 0. The second-order valence-corrected chi connectivity index (χ2v) is 10.1. The SMILES string of the molecule is CCC(=CC1Oc2ccc(-c3ccccc3)cc2[N+]1(CC)CC)C=C1Nc2cc(-c3ccccc3)ccc2O1. The Morgan fingerprint density at radius 3 is 1.97 bits per heavy atom. The lowest BCUT2D eigenvalue weighted by Gasteiger charge is -2.35. The van der Waals surface area contributed by atoms with Crippen molar-refractivity contribution in [2.24, 2.45) is 0 Å². The lowest BCUT2D eigenvalue weighted by Crippen LogP contribution is -2.55. The molecule has 196 valence electrons. The van der Waals surface area contributed by atoms with Gasteiger partial charge in [0.2, 0.25) is 0 Å². The highest BCUT2D eigenvalue weighted by Crippen LogP contribution is 2.46. The van der Waals surface area contributed by atoms with Crippen molar-refractivity contribution in [2.75, 3.05) is 18.4 Å². The number of hydrogen-bond donors (Lipinski definition) is 1. The molecule has 39 heavy (non-hydrogen) atoms. The van der Waals surface area contributed by atoms with Crippen LogP contribution in [0.5, 0.6) is 11.5 Å². The molecule has 0 amide bonds. The van der Waals surface area contributed by atoms with Gasteiger partial charge in [0.15, 0.2) is 23.1 Å². The van der Waals surface area contributed by atoms with Crippen LogP contribution in [-0.2, 0) is 0 Å². The van der Waals surface area contributed by atoms with Crippen LogP contribution < -0.4 is 19.3 Å². The first-order chi connectivity index (χ1) is 19.1. The molecular formula is C35H35N2O2+. The van der Waals surface area contributed by atoms with Crippen LogP contribution in [0.4, 0.5) is 11.4 Å². The molecule has 2 aliphatic rings. The fourth-order valence-corrected chi connectivity index (χ4v) is 5.73. The summed E-state index contributed by atoms with van der Waals surface area (Å²) in [6, 6.07) is 33.9. The lowest BCUT2D eigenvalue weighted by atomic mass is 10.0. The van der Waals surface area contributed by atoms with Crippen molar-refractivity contribution in [3.8, 4) is 33.8 Å². The quantitative estimate of drug-likeness (QED) is 0.250. The van der Waals surface area contributed by atoms with Crippen LogP contribution in [0.2, 0.25) is 0 Å². The van der Waals surface area contributed by atoms with Gasteiger partial charge >= 0.3 is 0 Å². The summed E-state index contributed by atoms with van der Waals surface area (Å²) in [7, 11) is 0. The zero-order chi connectivity index (χ0) is 26.8. The summed E-state index contributed by atoms with van der Waals surface area (Å²) in [6.07, 6.45) is 5.18. The summed E-state index contributed by atoms with van der Waals surface area (Å²) in [5.41, 5.74) is 8.22. The average molecular weight is 516 g/mol. The highest BCUT2D eigenvalue weighted by atomic mass is 16.5. The Labute approximate surface area is 231 Å². The van der Waals surface area contributed by atoms with Gasteiger partial charge in [-0.15, -0.1) is 0 Å². The normalized spacial score (nSPS) is 18.2. The smallest absolute Gasteiger partial charge is 0.258 e. The van der Waals surface area contributed by atoms with Gasteiger partial charge < -0.3 is 14.8 Å². The Bertz CT molecular complexity index is 1540. The van der Waals surface area contributed by atoms with Crippen molar-refractivity contribution in [3.05, 3.63) is 121 Å². The van der Waals surface area contributed by atoms with Crippen molar-refractivity contribution in [1.29, 1.82) is 0 Å². The van der Waals surface area contributed by atoms with Gasteiger partial charge in [0.05, 0.1) is 18.8 Å². The molecule has 0 spiro atoms. The average Bonchev–Trinajstić information content (AvgIpc) is 3.54. The number of nitrogens with one attached hydrogen (secondary N) is 1. The van der Waals surface area contributed by atoms with E-state index >= 15 is 0 Å². The second kappa shape index (κ2) is 10.5. The molecule has 4 aromatic rings. The van der Waals surface area contributed by atoms with E-state index in [1.807, 2.05) is 12.1 Å². The fraction of sp³-hybridized carbons (Fsp3) is 0.200. The minimum Gasteiger partial charge on any atom is -0.439 e. The summed E-state index contributed by atoms with van der Waals surface area (Å²) in [6.45, 7) is 8.58. The number of ether oxygens (including phenoxy) is 2. The van der Waals surface area contributed by atoms with Gasteiger partial charge in [0.1, 0.15) is 0 Å². The molecule has 0 radical (unpaired) electrons. The van der Waals surface area contributed by atoms with Gasteiger partial charge in [-0.25, -0.2) is 4.48 Å². The van der Waals surface area contributed by atoms with Crippen LogP contribution in [0.25, 0.3) is 22.3 Å². The first-order valence-corrected chi connectivity index (χ1v) is 13.9. The topological polar surface area (TPSA) is 30.5 Å². The van der Waals surface area contributed by atoms with Gasteiger partial charge in [-0.3, -0.25) is 0 Å². The molecule has 1 unspecified atom stereocenters. The Kier molecular flexibility index (Phi) is 6.72. The molecule has 0 saturated carbocycles. The van der Waals surface area contributed by atoms with Crippen LogP contribution in [0.1, 0.15) is 27.2 Å². The molecule has 2 aliphatic heterocycles. The Hall–Kier alpha value is -4.28. The third-order valence-corrected chi connectivity index (χ3v) is 8.06. The molecule has 6 rings (SSSR count). The number of allylic oxidation sites excluding steroid dienone is 2. The fourth-order valence-electron chi connectivity index (χ4n) is 5.73. The third kappa shape index (κ3) is 4.62. The Morgan fingerprint density at radius 1 is 0.744 bits per heavy atom. The van der Waals surface area contributed by atoms with E-state index in [1.54, 1.807) is 0 Å². The van der Waals surface area contributed by atoms with Crippen molar-refractivity contribution >= 4 is 11.4 Å². The maximum atomic E-state index is 6.62. The van der Waals surface area contributed by atoms with E-state index in [-0.39, 0.29) is 6.23 Å². The van der Waals surface area contributed by atoms with Gasteiger partial charge in [0, 0.05) is 18.2 Å². The van der Waals surface area contributed by atoms with Gasteiger partial charge in [-0.1, -0.05) is 79.7 Å². The molecule has 1 N–H and O–H groups in total. The molecule has 0 saturated heterocycles. The Morgan fingerprint density at radius 2 is 1.36 bits per heavy atom. The molecule has 1 atom stereocenters. The van der Waals surface area contributed by atoms with Gasteiger partial charge in [-0.05, 0) is 66.3 Å². The van der Waals surface area contributed by atoms with Gasteiger partial charge in [0.25, 0.3) is 6.23 Å². The van der Waals surface area contributed by atoms with Crippen LogP contribution >= 0.6 is 0 Å². The van der Waals surface area contributed by atoms with Crippen molar-refractivity contribution in [2.45, 2.75) is 33.4 Å². The molecule has 4 heteroatoms. The largest absolute Gasteiger partial charge is 0.439 e. The zero-order valence-corrected chi connectivity index (χ0v) is 22.9. The van der Waals surface area contributed by atoms with Gasteiger partial charge in [-0.2, -0.15) is 0 Å². The third-order valence-electron chi connectivity index (χ3n) is 8.06. The molecule has 4 aromatic carbocycles. The maximum Gasteiger partial charge on any atom is 0.258 e. The number of fused-ring (bicyclic) bond motifs is 2. The number of hydrogen-bond acceptors (Lipinski definition) is 3. The van der Waals surface area contributed by atoms with Crippen LogP contribution in [-0.4, -0.2) is 19.3 Å².